The number of likely N-dealkylation sites (N-methyl/N-ethyl adjacent to an activating group) is 1. The molecule has 3 rings (SSSR count). The molecule has 6 heteroatoms. The highest BCUT2D eigenvalue weighted by Gasteiger charge is 2.28. The van der Waals surface area contributed by atoms with E-state index in [1.54, 1.807) is 26.1 Å². The summed E-state index contributed by atoms with van der Waals surface area (Å²) in [5.74, 6) is 1.64. The number of benzene rings is 1. The van der Waals surface area contributed by atoms with E-state index in [0.29, 0.717) is 13.2 Å². The molecule has 1 aliphatic heterocycles. The molecular weight excluding hydrogens is 306 g/mol. The van der Waals surface area contributed by atoms with Crippen molar-refractivity contribution in [3.8, 4) is 5.75 Å². The van der Waals surface area contributed by atoms with Crippen LogP contribution < -0.4 is 9.64 Å². The third-order valence-corrected chi connectivity index (χ3v) is 4.32. The van der Waals surface area contributed by atoms with Crippen molar-refractivity contribution in [2.75, 3.05) is 45.8 Å². The van der Waals surface area contributed by atoms with Crippen LogP contribution in [-0.4, -0.2) is 62.8 Å². The van der Waals surface area contributed by atoms with E-state index in [4.69, 9.17) is 14.5 Å². The maximum atomic E-state index is 12.2. The van der Waals surface area contributed by atoms with Crippen LogP contribution in [0, 0.1) is 6.92 Å². The minimum atomic E-state index is -0.447. The van der Waals surface area contributed by atoms with Crippen LogP contribution in [-0.2, 0) is 9.53 Å². The van der Waals surface area contributed by atoms with Crippen LogP contribution in [0.3, 0.4) is 0 Å². The molecule has 24 heavy (non-hydrogen) atoms. The number of pyridine rings is 1. The van der Waals surface area contributed by atoms with Gasteiger partial charge in [-0.15, -0.1) is 0 Å². The number of morpholine rings is 1. The molecule has 128 valence electrons. The van der Waals surface area contributed by atoms with Crippen molar-refractivity contribution in [3.63, 3.8) is 0 Å². The van der Waals surface area contributed by atoms with E-state index in [1.165, 1.54) is 0 Å². The second kappa shape index (κ2) is 6.65. The molecule has 2 aromatic rings. The van der Waals surface area contributed by atoms with E-state index in [-0.39, 0.29) is 5.91 Å². The Labute approximate surface area is 142 Å². The number of aromatic nitrogens is 1. The van der Waals surface area contributed by atoms with E-state index < -0.39 is 6.10 Å². The molecule has 0 aliphatic carbocycles. The van der Waals surface area contributed by atoms with Crippen molar-refractivity contribution in [3.05, 3.63) is 29.8 Å². The van der Waals surface area contributed by atoms with Gasteiger partial charge in [-0.05, 0) is 30.7 Å². The molecule has 0 radical (unpaired) electrons. The third kappa shape index (κ3) is 3.14. The molecule has 1 aromatic carbocycles. The summed E-state index contributed by atoms with van der Waals surface area (Å²) in [6.07, 6.45) is -0.447. The van der Waals surface area contributed by atoms with Gasteiger partial charge in [0.25, 0.3) is 5.91 Å². The second-order valence-electron chi connectivity index (χ2n) is 6.22. The molecule has 2 heterocycles. The van der Waals surface area contributed by atoms with Crippen molar-refractivity contribution < 1.29 is 14.3 Å². The monoisotopic (exact) mass is 329 g/mol. The van der Waals surface area contributed by atoms with Crippen LogP contribution in [0.1, 0.15) is 5.56 Å². The molecule has 0 spiro atoms. The lowest BCUT2D eigenvalue weighted by molar-refractivity contribution is -0.141. The Morgan fingerprint density at radius 1 is 1.38 bits per heavy atom. The normalized spacial score (nSPS) is 17.8. The zero-order valence-electron chi connectivity index (χ0n) is 14.6. The average molecular weight is 329 g/mol. The van der Waals surface area contributed by atoms with Gasteiger partial charge in [-0.1, -0.05) is 0 Å². The number of amides is 1. The number of rotatable bonds is 3. The maximum Gasteiger partial charge on any atom is 0.253 e. The van der Waals surface area contributed by atoms with E-state index >= 15 is 0 Å². The number of ether oxygens (including phenoxy) is 2. The quantitative estimate of drug-likeness (QED) is 0.860. The fraction of sp³-hybridized carbons (Fsp3) is 0.444. The largest absolute Gasteiger partial charge is 0.497 e. The first kappa shape index (κ1) is 16.5. The lowest BCUT2D eigenvalue weighted by atomic mass is 10.1. The van der Waals surface area contributed by atoms with Gasteiger partial charge in [-0.3, -0.25) is 4.79 Å². The summed E-state index contributed by atoms with van der Waals surface area (Å²) in [5, 5.41) is 1.11. The van der Waals surface area contributed by atoms with Crippen LogP contribution >= 0.6 is 0 Å². The highest BCUT2D eigenvalue weighted by molar-refractivity contribution is 5.85. The molecule has 6 nitrogen and oxygen atoms in total. The van der Waals surface area contributed by atoms with Crippen LogP contribution in [0.25, 0.3) is 10.9 Å². The number of carbonyl (C=O) groups excluding carboxylic acids is 1. The van der Waals surface area contributed by atoms with E-state index in [0.717, 1.165) is 34.6 Å². The zero-order chi connectivity index (χ0) is 17.3. The first-order valence-electron chi connectivity index (χ1n) is 8.02. The maximum absolute atomic E-state index is 12.2. The smallest absolute Gasteiger partial charge is 0.253 e. The minimum Gasteiger partial charge on any atom is -0.497 e. The van der Waals surface area contributed by atoms with Gasteiger partial charge in [-0.25, -0.2) is 4.98 Å². The Bertz CT molecular complexity index is 761. The van der Waals surface area contributed by atoms with Crippen molar-refractivity contribution in [1.29, 1.82) is 0 Å². The summed E-state index contributed by atoms with van der Waals surface area (Å²) in [6.45, 7) is 3.82. The van der Waals surface area contributed by atoms with Crippen LogP contribution in [0.4, 0.5) is 5.82 Å². The van der Waals surface area contributed by atoms with E-state index in [2.05, 4.69) is 17.9 Å². The summed E-state index contributed by atoms with van der Waals surface area (Å²) >= 11 is 0. The first-order chi connectivity index (χ1) is 11.5. The van der Waals surface area contributed by atoms with Gasteiger partial charge in [0, 0.05) is 32.1 Å². The predicted octanol–water partition coefficient (Wildman–Crippen LogP) is 1.85. The number of nitrogens with zero attached hydrogens (tertiary/aromatic N) is 3. The number of fused-ring (bicyclic) bond motifs is 1. The summed E-state index contributed by atoms with van der Waals surface area (Å²) < 4.78 is 10.9. The number of carbonyl (C=O) groups is 1. The van der Waals surface area contributed by atoms with Crippen molar-refractivity contribution in [1.82, 2.24) is 9.88 Å². The van der Waals surface area contributed by atoms with Gasteiger partial charge < -0.3 is 19.3 Å². The van der Waals surface area contributed by atoms with Crippen LogP contribution in [0.2, 0.25) is 0 Å². The number of methoxy groups -OCH3 is 1. The van der Waals surface area contributed by atoms with Crippen molar-refractivity contribution >= 4 is 22.6 Å². The van der Waals surface area contributed by atoms with Crippen molar-refractivity contribution in [2.45, 2.75) is 13.0 Å². The standard InChI is InChI=1S/C18H23N3O3/c1-12-9-17(19-15-10-13(23-4)5-6-14(12)15)21-7-8-24-16(11-21)18(22)20(2)3/h5-6,9-10,16H,7-8,11H2,1-4H3. The van der Waals surface area contributed by atoms with E-state index in [9.17, 15) is 4.79 Å². The fourth-order valence-corrected chi connectivity index (χ4v) is 2.95. The summed E-state index contributed by atoms with van der Waals surface area (Å²) in [7, 11) is 5.14. The molecule has 1 atom stereocenters. The number of hydrogen-bond donors (Lipinski definition) is 0. The first-order valence-corrected chi connectivity index (χ1v) is 8.02. The molecule has 1 aliphatic rings. The number of anilines is 1. The van der Waals surface area contributed by atoms with Crippen LogP contribution in [0.5, 0.6) is 5.75 Å². The Morgan fingerprint density at radius 3 is 2.88 bits per heavy atom. The van der Waals surface area contributed by atoms with E-state index in [1.807, 2.05) is 18.2 Å². The molecule has 1 aromatic heterocycles. The average Bonchev–Trinajstić information content (AvgIpc) is 2.60. The SMILES string of the molecule is COc1ccc2c(C)cc(N3CCOC(C(=O)N(C)C)C3)nc2c1. The Morgan fingerprint density at radius 2 is 2.17 bits per heavy atom. The Kier molecular flexibility index (Phi) is 4.57. The topological polar surface area (TPSA) is 54.9 Å². The predicted molar refractivity (Wildman–Crippen MR) is 93.7 cm³/mol. The zero-order valence-corrected chi connectivity index (χ0v) is 14.6. The van der Waals surface area contributed by atoms with Gasteiger partial charge in [-0.2, -0.15) is 0 Å². The molecule has 1 amide bonds. The number of hydrogen-bond acceptors (Lipinski definition) is 5. The molecule has 0 N–H and O–H groups in total. The van der Waals surface area contributed by atoms with Gasteiger partial charge in [0.1, 0.15) is 11.6 Å². The summed E-state index contributed by atoms with van der Waals surface area (Å²) in [4.78, 5) is 20.6. The minimum absolute atomic E-state index is 0.0149. The van der Waals surface area contributed by atoms with Crippen molar-refractivity contribution in [2.24, 2.45) is 0 Å². The second-order valence-corrected chi connectivity index (χ2v) is 6.22. The lowest BCUT2D eigenvalue weighted by Crippen LogP contribution is -2.49. The molecular formula is C18H23N3O3. The van der Waals surface area contributed by atoms with Crippen LogP contribution in [0.15, 0.2) is 24.3 Å². The lowest BCUT2D eigenvalue weighted by Gasteiger charge is -2.34. The highest BCUT2D eigenvalue weighted by Crippen LogP contribution is 2.26. The number of aryl methyl sites for hydroxylation is 1. The molecule has 1 unspecified atom stereocenters. The Hall–Kier alpha value is -2.34. The molecule has 1 fully saturated rings. The van der Waals surface area contributed by atoms with Gasteiger partial charge in [0.05, 0.1) is 25.8 Å². The van der Waals surface area contributed by atoms with Gasteiger partial charge in [0.15, 0.2) is 6.10 Å². The Balaban J connectivity index is 1.92. The fourth-order valence-electron chi connectivity index (χ4n) is 2.95. The third-order valence-electron chi connectivity index (χ3n) is 4.32. The van der Waals surface area contributed by atoms with Gasteiger partial charge >= 0.3 is 0 Å². The highest BCUT2D eigenvalue weighted by atomic mass is 16.5. The van der Waals surface area contributed by atoms with Gasteiger partial charge in [0.2, 0.25) is 0 Å². The molecule has 0 saturated carbocycles. The molecule has 0 bridgehead atoms. The summed E-state index contributed by atoms with van der Waals surface area (Å²) in [6, 6.07) is 7.97. The summed E-state index contributed by atoms with van der Waals surface area (Å²) in [5.41, 5.74) is 2.05. The molecule has 1 saturated heterocycles.